The van der Waals surface area contributed by atoms with Gasteiger partial charge < -0.3 is 25.2 Å². The highest BCUT2D eigenvalue weighted by molar-refractivity contribution is 7.13. The van der Waals surface area contributed by atoms with E-state index >= 15 is 0 Å². The zero-order chi connectivity index (χ0) is 20.2. The maximum absolute atomic E-state index is 12.7. The second-order valence-electron chi connectivity index (χ2n) is 7.01. The third-order valence-electron chi connectivity index (χ3n) is 4.79. The van der Waals surface area contributed by atoms with Crippen LogP contribution < -0.4 is 15.5 Å². The van der Waals surface area contributed by atoms with Gasteiger partial charge in [-0.05, 0) is 31.9 Å². The minimum Gasteiger partial charge on any atom is -0.393 e. The highest BCUT2D eigenvalue weighted by Crippen LogP contribution is 2.29. The van der Waals surface area contributed by atoms with E-state index in [1.165, 1.54) is 11.3 Å². The lowest BCUT2D eigenvalue weighted by Gasteiger charge is -2.32. The Morgan fingerprint density at radius 2 is 2.14 bits per heavy atom. The number of anilines is 3. The fraction of sp³-hybridized carbons (Fsp3) is 0.350. The van der Waals surface area contributed by atoms with Gasteiger partial charge in [0.05, 0.1) is 24.0 Å². The van der Waals surface area contributed by atoms with Crippen molar-refractivity contribution in [2.24, 2.45) is 0 Å². The molecule has 0 unspecified atom stereocenters. The van der Waals surface area contributed by atoms with Crippen molar-refractivity contribution in [1.29, 1.82) is 0 Å². The van der Waals surface area contributed by atoms with E-state index in [1.807, 2.05) is 37.3 Å². The minimum atomic E-state index is -0.254. The highest BCUT2D eigenvalue weighted by atomic mass is 32.1. The largest absolute Gasteiger partial charge is 0.393 e. The van der Waals surface area contributed by atoms with Gasteiger partial charge in [0.15, 0.2) is 5.13 Å². The van der Waals surface area contributed by atoms with Crippen molar-refractivity contribution in [2.75, 3.05) is 28.6 Å². The summed E-state index contributed by atoms with van der Waals surface area (Å²) in [6.45, 7) is 3.85. The number of para-hydroxylation sites is 2. The Labute approximate surface area is 172 Å². The van der Waals surface area contributed by atoms with Gasteiger partial charge in [0, 0.05) is 24.5 Å². The van der Waals surface area contributed by atoms with Gasteiger partial charge in [-0.25, -0.2) is 4.98 Å². The number of amides is 1. The molecular formula is C20H23N5O3S. The lowest BCUT2D eigenvalue weighted by atomic mass is 10.1. The normalized spacial score (nSPS) is 14.8. The summed E-state index contributed by atoms with van der Waals surface area (Å²) in [5.74, 6) is 0.499. The Morgan fingerprint density at radius 1 is 1.34 bits per heavy atom. The molecule has 1 fully saturated rings. The molecule has 3 aromatic rings. The van der Waals surface area contributed by atoms with Gasteiger partial charge in [0.1, 0.15) is 17.1 Å². The molecule has 1 aliphatic heterocycles. The number of carbonyl (C=O) groups is 1. The second-order valence-corrected chi connectivity index (χ2v) is 7.87. The number of nitrogens with one attached hydrogen (secondary N) is 2. The number of aryl methyl sites for hydroxylation is 1. The van der Waals surface area contributed by atoms with E-state index in [0.29, 0.717) is 17.4 Å². The SMILES string of the molecule is Cc1cc(CNc2nc(C(=O)Nc3ccccc3N3CCC(O)CC3)cs2)no1. The van der Waals surface area contributed by atoms with Gasteiger partial charge in [0.25, 0.3) is 5.91 Å². The smallest absolute Gasteiger partial charge is 0.275 e. The van der Waals surface area contributed by atoms with E-state index in [-0.39, 0.29) is 12.0 Å². The summed E-state index contributed by atoms with van der Waals surface area (Å²) in [4.78, 5) is 19.3. The van der Waals surface area contributed by atoms with Crippen molar-refractivity contribution in [3.8, 4) is 0 Å². The molecule has 3 N–H and O–H groups in total. The molecule has 0 radical (unpaired) electrons. The third-order valence-corrected chi connectivity index (χ3v) is 5.59. The lowest BCUT2D eigenvalue weighted by molar-refractivity contribution is 0.102. The van der Waals surface area contributed by atoms with Crippen LogP contribution in [0.3, 0.4) is 0 Å². The zero-order valence-electron chi connectivity index (χ0n) is 16.1. The molecular weight excluding hydrogens is 390 g/mol. The van der Waals surface area contributed by atoms with Crippen LogP contribution in [-0.4, -0.2) is 40.3 Å². The van der Waals surface area contributed by atoms with Crippen molar-refractivity contribution < 1.29 is 14.4 Å². The second kappa shape index (κ2) is 8.62. The molecule has 8 nitrogen and oxygen atoms in total. The zero-order valence-corrected chi connectivity index (χ0v) is 16.9. The third kappa shape index (κ3) is 4.75. The number of piperidine rings is 1. The minimum absolute atomic E-state index is 0.241. The maximum Gasteiger partial charge on any atom is 0.275 e. The van der Waals surface area contributed by atoms with Gasteiger partial charge >= 0.3 is 0 Å². The van der Waals surface area contributed by atoms with E-state index in [1.54, 1.807) is 5.38 Å². The van der Waals surface area contributed by atoms with Crippen LogP contribution in [0.1, 0.15) is 34.8 Å². The van der Waals surface area contributed by atoms with E-state index in [9.17, 15) is 9.90 Å². The fourth-order valence-electron chi connectivity index (χ4n) is 3.27. The first-order valence-electron chi connectivity index (χ1n) is 9.53. The molecule has 3 heterocycles. The quantitative estimate of drug-likeness (QED) is 0.570. The van der Waals surface area contributed by atoms with E-state index < -0.39 is 0 Å². The number of rotatable bonds is 6. The van der Waals surface area contributed by atoms with Crippen molar-refractivity contribution in [3.63, 3.8) is 0 Å². The fourth-order valence-corrected chi connectivity index (χ4v) is 3.96. The first-order valence-corrected chi connectivity index (χ1v) is 10.4. The lowest BCUT2D eigenvalue weighted by Crippen LogP contribution is -2.36. The summed E-state index contributed by atoms with van der Waals surface area (Å²) in [7, 11) is 0. The van der Waals surface area contributed by atoms with Gasteiger partial charge in [-0.1, -0.05) is 17.3 Å². The van der Waals surface area contributed by atoms with E-state index in [0.717, 1.165) is 48.8 Å². The molecule has 9 heteroatoms. The summed E-state index contributed by atoms with van der Waals surface area (Å²) in [5.41, 5.74) is 2.85. The van der Waals surface area contributed by atoms with Crippen LogP contribution in [0.15, 0.2) is 40.2 Å². The molecule has 29 heavy (non-hydrogen) atoms. The van der Waals surface area contributed by atoms with Gasteiger partial charge in [-0.3, -0.25) is 4.79 Å². The Kier molecular flexibility index (Phi) is 5.77. The maximum atomic E-state index is 12.7. The summed E-state index contributed by atoms with van der Waals surface area (Å²) in [6, 6.07) is 9.57. The Hall–Kier alpha value is -2.91. The molecule has 0 saturated carbocycles. The van der Waals surface area contributed by atoms with Crippen LogP contribution in [0.25, 0.3) is 0 Å². The number of hydrogen-bond donors (Lipinski definition) is 3. The molecule has 1 aliphatic rings. The number of nitrogens with zero attached hydrogens (tertiary/aromatic N) is 3. The number of aliphatic hydroxyl groups is 1. The predicted molar refractivity (Wildman–Crippen MR) is 113 cm³/mol. The van der Waals surface area contributed by atoms with Gasteiger partial charge in [-0.15, -0.1) is 11.3 Å². The van der Waals surface area contributed by atoms with Crippen molar-refractivity contribution in [3.05, 3.63) is 52.9 Å². The molecule has 0 atom stereocenters. The van der Waals surface area contributed by atoms with Crippen molar-refractivity contribution in [2.45, 2.75) is 32.4 Å². The summed E-state index contributed by atoms with van der Waals surface area (Å²) < 4.78 is 5.04. The van der Waals surface area contributed by atoms with Crippen LogP contribution >= 0.6 is 11.3 Å². The summed E-state index contributed by atoms with van der Waals surface area (Å²) >= 11 is 1.37. The van der Waals surface area contributed by atoms with Crippen molar-refractivity contribution >= 4 is 33.8 Å². The molecule has 1 amide bonds. The summed E-state index contributed by atoms with van der Waals surface area (Å²) in [6.07, 6.45) is 1.22. The van der Waals surface area contributed by atoms with Crippen LogP contribution in [0.2, 0.25) is 0 Å². The van der Waals surface area contributed by atoms with Crippen LogP contribution in [0.5, 0.6) is 0 Å². The molecule has 1 saturated heterocycles. The van der Waals surface area contributed by atoms with Crippen molar-refractivity contribution in [1.82, 2.24) is 10.1 Å². The number of aliphatic hydroxyl groups excluding tert-OH is 1. The molecule has 0 aliphatic carbocycles. The molecule has 2 aromatic heterocycles. The Balaban J connectivity index is 1.40. The highest BCUT2D eigenvalue weighted by Gasteiger charge is 2.20. The molecule has 152 valence electrons. The summed E-state index contributed by atoms with van der Waals surface area (Å²) in [5, 5.41) is 22.2. The molecule has 1 aromatic carbocycles. The average Bonchev–Trinajstić information content (AvgIpc) is 3.36. The van der Waals surface area contributed by atoms with Gasteiger partial charge in [0.2, 0.25) is 0 Å². The Morgan fingerprint density at radius 3 is 2.90 bits per heavy atom. The van der Waals surface area contributed by atoms with Crippen LogP contribution in [0, 0.1) is 6.92 Å². The number of carbonyl (C=O) groups excluding carboxylic acids is 1. The van der Waals surface area contributed by atoms with Crippen LogP contribution in [-0.2, 0) is 6.54 Å². The number of hydrogen-bond acceptors (Lipinski definition) is 8. The number of thiazole rings is 1. The molecule has 4 rings (SSSR count). The number of benzene rings is 1. The van der Waals surface area contributed by atoms with Gasteiger partial charge in [-0.2, -0.15) is 0 Å². The molecule has 0 bridgehead atoms. The van der Waals surface area contributed by atoms with E-state index in [2.05, 4.69) is 25.7 Å². The van der Waals surface area contributed by atoms with E-state index in [4.69, 9.17) is 4.52 Å². The topological polar surface area (TPSA) is 104 Å². The predicted octanol–water partition coefficient (Wildman–Crippen LogP) is 3.27. The monoisotopic (exact) mass is 413 g/mol. The first-order chi connectivity index (χ1) is 14.1. The number of aromatic nitrogens is 2. The van der Waals surface area contributed by atoms with Crippen LogP contribution in [0.4, 0.5) is 16.5 Å². The first kappa shape index (κ1) is 19.4. The Bertz CT molecular complexity index is 978. The molecule has 0 spiro atoms. The standard InChI is InChI=1S/C20H23N5O3S/c1-13-10-14(24-28-13)11-21-20-23-17(12-29-20)19(27)22-16-4-2-3-5-18(16)25-8-6-15(26)7-9-25/h2-5,10,12,15,26H,6-9,11H2,1H3,(H,21,23)(H,22,27). The average molecular weight is 414 g/mol.